The molecule has 1 aliphatic heterocycles. The highest BCUT2D eigenvalue weighted by Gasteiger charge is 2.52. The summed E-state index contributed by atoms with van der Waals surface area (Å²) in [5, 5.41) is 13.0. The molecule has 0 unspecified atom stereocenters. The van der Waals surface area contributed by atoms with E-state index in [1.54, 1.807) is 32.9 Å². The summed E-state index contributed by atoms with van der Waals surface area (Å²) >= 11 is 0. The Morgan fingerprint density at radius 1 is 1.16 bits per heavy atom. The third-order valence-electron chi connectivity index (χ3n) is 5.50. The second-order valence-electron chi connectivity index (χ2n) is 9.95. The molecule has 1 amide bonds. The predicted octanol–water partition coefficient (Wildman–Crippen LogP) is 4.44. The number of carbonyl (C=O) groups excluding carboxylic acids is 2. The van der Waals surface area contributed by atoms with Crippen LogP contribution in [0.5, 0.6) is 5.75 Å². The number of ether oxygens (including phenoxy) is 1. The number of rotatable bonds is 5. The first kappa shape index (κ1) is 24.9. The number of carbonyl (C=O) groups is 2. The molecule has 1 aromatic carbocycles. The Labute approximate surface area is 185 Å². The smallest absolute Gasteiger partial charge is 0.492 e. The summed E-state index contributed by atoms with van der Waals surface area (Å²) in [6.07, 6.45) is 1.25. The molecule has 8 heteroatoms. The SMILES string of the molecule is CC(=O)c1cc(C)c(C=C(CNC(=O)OC(C)(C)C)B2OC(C)(C)C(C)(C)O2)cc1O. The van der Waals surface area contributed by atoms with E-state index in [-0.39, 0.29) is 23.6 Å². The number of phenolic OH excluding ortho intramolecular Hbond substituents is 1. The van der Waals surface area contributed by atoms with Crippen LogP contribution in [-0.4, -0.2) is 47.4 Å². The van der Waals surface area contributed by atoms with Crippen molar-refractivity contribution in [3.63, 3.8) is 0 Å². The molecule has 2 N–H and O–H groups in total. The van der Waals surface area contributed by atoms with E-state index in [2.05, 4.69) is 5.32 Å². The number of aromatic hydroxyl groups is 1. The Bertz CT molecular complexity index is 882. The van der Waals surface area contributed by atoms with Gasteiger partial charge in [-0.25, -0.2) is 4.79 Å². The minimum Gasteiger partial charge on any atom is -0.507 e. The average molecular weight is 431 g/mol. The van der Waals surface area contributed by atoms with Crippen LogP contribution in [-0.2, 0) is 14.0 Å². The maximum atomic E-state index is 12.2. The lowest BCUT2D eigenvalue weighted by molar-refractivity contribution is 0.00578. The van der Waals surface area contributed by atoms with Crippen LogP contribution in [0.2, 0.25) is 0 Å². The van der Waals surface area contributed by atoms with Gasteiger partial charge in [0.15, 0.2) is 5.78 Å². The maximum Gasteiger partial charge on any atom is 0.492 e. The lowest BCUT2D eigenvalue weighted by Crippen LogP contribution is -2.41. The number of aryl methyl sites for hydroxylation is 1. The summed E-state index contributed by atoms with van der Waals surface area (Å²) in [7, 11) is -0.700. The van der Waals surface area contributed by atoms with Crippen molar-refractivity contribution in [1.29, 1.82) is 0 Å². The van der Waals surface area contributed by atoms with Gasteiger partial charge in [0.2, 0.25) is 0 Å². The molecule has 0 saturated carbocycles. The van der Waals surface area contributed by atoms with Crippen molar-refractivity contribution in [2.24, 2.45) is 0 Å². The minimum atomic E-state index is -0.700. The summed E-state index contributed by atoms with van der Waals surface area (Å²) in [6.45, 7) is 16.6. The van der Waals surface area contributed by atoms with Gasteiger partial charge in [-0.3, -0.25) is 4.79 Å². The molecule has 1 aromatic rings. The molecule has 1 heterocycles. The highest BCUT2D eigenvalue weighted by atomic mass is 16.7. The van der Waals surface area contributed by atoms with Crippen molar-refractivity contribution >= 4 is 25.1 Å². The van der Waals surface area contributed by atoms with E-state index < -0.39 is 30.0 Å². The first-order valence-electron chi connectivity index (χ1n) is 10.4. The molecule has 0 atom stereocenters. The standard InChI is InChI=1S/C23H34BNO6/c1-14-10-18(15(2)26)19(27)12-16(14)11-17(13-25-20(28)29-21(3,4)5)24-30-22(6,7)23(8,9)31-24/h10-12,27H,13H2,1-9H3,(H,25,28). The number of hydrogen-bond donors (Lipinski definition) is 2. The Morgan fingerprint density at radius 2 is 1.71 bits per heavy atom. The third-order valence-corrected chi connectivity index (χ3v) is 5.50. The first-order valence-corrected chi connectivity index (χ1v) is 10.4. The molecular weight excluding hydrogens is 397 g/mol. The van der Waals surface area contributed by atoms with E-state index >= 15 is 0 Å². The van der Waals surface area contributed by atoms with Gasteiger partial charge in [-0.1, -0.05) is 6.08 Å². The number of ketones is 1. The van der Waals surface area contributed by atoms with E-state index in [0.29, 0.717) is 11.0 Å². The van der Waals surface area contributed by atoms with Crippen molar-refractivity contribution < 1.29 is 28.7 Å². The van der Waals surface area contributed by atoms with Gasteiger partial charge in [-0.2, -0.15) is 0 Å². The van der Waals surface area contributed by atoms with E-state index in [0.717, 1.165) is 5.56 Å². The predicted molar refractivity (Wildman–Crippen MR) is 121 cm³/mol. The summed E-state index contributed by atoms with van der Waals surface area (Å²) in [5.41, 5.74) is 0.675. The lowest BCUT2D eigenvalue weighted by atomic mass is 9.76. The maximum absolute atomic E-state index is 12.2. The number of hydrogen-bond acceptors (Lipinski definition) is 6. The van der Waals surface area contributed by atoms with Crippen LogP contribution in [0.25, 0.3) is 6.08 Å². The van der Waals surface area contributed by atoms with Crippen LogP contribution in [0.15, 0.2) is 17.6 Å². The largest absolute Gasteiger partial charge is 0.507 e. The molecule has 170 valence electrons. The Kier molecular flexibility index (Phi) is 6.98. The Morgan fingerprint density at radius 3 is 2.19 bits per heavy atom. The van der Waals surface area contributed by atoms with E-state index in [1.807, 2.05) is 34.6 Å². The summed E-state index contributed by atoms with van der Waals surface area (Å²) in [5.74, 6) is -0.313. The molecule has 0 radical (unpaired) electrons. The number of amides is 1. The zero-order chi connectivity index (χ0) is 23.8. The molecule has 0 aliphatic carbocycles. The first-order chi connectivity index (χ1) is 14.0. The Hall–Kier alpha value is -2.32. The van der Waals surface area contributed by atoms with Gasteiger partial charge in [-0.05, 0) is 91.0 Å². The molecule has 1 fully saturated rings. The summed E-state index contributed by atoms with van der Waals surface area (Å²) in [4.78, 5) is 23.9. The normalized spacial score (nSPS) is 18.1. The second-order valence-corrected chi connectivity index (χ2v) is 9.95. The molecule has 7 nitrogen and oxygen atoms in total. The molecule has 1 saturated heterocycles. The van der Waals surface area contributed by atoms with E-state index in [4.69, 9.17) is 14.0 Å². The third kappa shape index (κ3) is 6.11. The fourth-order valence-corrected chi connectivity index (χ4v) is 3.04. The number of Topliss-reactive ketones (excluding diaryl/α,β-unsaturated/α-hetero) is 1. The average Bonchev–Trinajstić information content (AvgIpc) is 2.79. The lowest BCUT2D eigenvalue weighted by Gasteiger charge is -2.32. The van der Waals surface area contributed by atoms with Crippen molar-refractivity contribution in [3.05, 3.63) is 34.3 Å². The van der Waals surface area contributed by atoms with E-state index in [1.165, 1.54) is 13.0 Å². The number of benzene rings is 1. The van der Waals surface area contributed by atoms with E-state index in [9.17, 15) is 14.7 Å². The minimum absolute atomic E-state index is 0.0993. The van der Waals surface area contributed by atoms with Crippen LogP contribution >= 0.6 is 0 Å². The van der Waals surface area contributed by atoms with Gasteiger partial charge < -0.3 is 24.5 Å². The van der Waals surface area contributed by atoms with Gasteiger partial charge >= 0.3 is 13.2 Å². The van der Waals surface area contributed by atoms with Crippen LogP contribution in [0, 0.1) is 6.92 Å². The molecule has 0 aromatic heterocycles. The van der Waals surface area contributed by atoms with Crippen molar-refractivity contribution in [1.82, 2.24) is 5.32 Å². The van der Waals surface area contributed by atoms with Crippen LogP contribution in [0.4, 0.5) is 4.79 Å². The van der Waals surface area contributed by atoms with Crippen LogP contribution < -0.4 is 5.32 Å². The Balaban J connectivity index is 2.40. The van der Waals surface area contributed by atoms with Gasteiger partial charge in [0, 0.05) is 6.54 Å². The molecule has 31 heavy (non-hydrogen) atoms. The quantitative estimate of drug-likeness (QED) is 0.529. The van der Waals surface area contributed by atoms with Crippen LogP contribution in [0.3, 0.4) is 0 Å². The van der Waals surface area contributed by atoms with Gasteiger partial charge in [-0.15, -0.1) is 0 Å². The van der Waals surface area contributed by atoms with Crippen LogP contribution in [0.1, 0.15) is 76.9 Å². The number of phenols is 1. The summed E-state index contributed by atoms with van der Waals surface area (Å²) < 4.78 is 17.7. The van der Waals surface area contributed by atoms with Crippen molar-refractivity contribution in [3.8, 4) is 5.75 Å². The van der Waals surface area contributed by atoms with Crippen molar-refractivity contribution in [2.75, 3.05) is 6.54 Å². The fraction of sp³-hybridized carbons (Fsp3) is 0.565. The number of nitrogens with one attached hydrogen (secondary N) is 1. The van der Waals surface area contributed by atoms with Crippen molar-refractivity contribution in [2.45, 2.75) is 79.1 Å². The molecule has 2 rings (SSSR count). The monoisotopic (exact) mass is 431 g/mol. The molecule has 1 aliphatic rings. The number of alkyl carbamates (subject to hydrolysis) is 1. The van der Waals surface area contributed by atoms with Gasteiger partial charge in [0.1, 0.15) is 11.4 Å². The molecule has 0 spiro atoms. The molecule has 0 bridgehead atoms. The molecular formula is C23H34BNO6. The van der Waals surface area contributed by atoms with Gasteiger partial charge in [0.25, 0.3) is 0 Å². The van der Waals surface area contributed by atoms with Gasteiger partial charge in [0.05, 0.1) is 16.8 Å². The topological polar surface area (TPSA) is 94.1 Å². The highest BCUT2D eigenvalue weighted by Crippen LogP contribution is 2.39. The highest BCUT2D eigenvalue weighted by molar-refractivity contribution is 6.56. The zero-order valence-corrected chi connectivity index (χ0v) is 20.0. The summed E-state index contributed by atoms with van der Waals surface area (Å²) in [6, 6.07) is 3.18. The zero-order valence-electron chi connectivity index (χ0n) is 20.0. The fourth-order valence-electron chi connectivity index (χ4n) is 3.04. The second kappa shape index (κ2) is 8.67.